The highest BCUT2D eigenvalue weighted by atomic mass is 19.1. The maximum atomic E-state index is 12.7. The van der Waals surface area contributed by atoms with Gasteiger partial charge in [-0.15, -0.1) is 0 Å². The van der Waals surface area contributed by atoms with Gasteiger partial charge in [0.05, 0.1) is 11.9 Å². The highest BCUT2D eigenvalue weighted by Crippen LogP contribution is 2.11. The Bertz CT molecular complexity index is 875. The van der Waals surface area contributed by atoms with Gasteiger partial charge in [0.25, 0.3) is 0 Å². The van der Waals surface area contributed by atoms with Gasteiger partial charge in [-0.25, -0.2) is 14.2 Å². The highest BCUT2D eigenvalue weighted by Gasteiger charge is 2.16. The summed E-state index contributed by atoms with van der Waals surface area (Å²) in [6, 6.07) is 9.72. The summed E-state index contributed by atoms with van der Waals surface area (Å²) in [4.78, 5) is 33.5. The van der Waals surface area contributed by atoms with E-state index in [1.807, 2.05) is 4.90 Å². The Morgan fingerprint density at radius 1 is 1.08 bits per heavy atom. The Morgan fingerprint density at radius 2 is 1.81 bits per heavy atom. The summed E-state index contributed by atoms with van der Waals surface area (Å²) >= 11 is 0. The summed E-state index contributed by atoms with van der Waals surface area (Å²) in [5.74, 6) is -0.0968. The second-order valence-electron chi connectivity index (χ2n) is 6.22. The fourth-order valence-corrected chi connectivity index (χ4v) is 2.90. The number of aromatic amines is 2. The minimum atomic E-state index is -0.255. The molecule has 0 bridgehead atoms. The van der Waals surface area contributed by atoms with Crippen LogP contribution in [0.25, 0.3) is 11.2 Å². The molecule has 3 heterocycles. The number of nitrogens with zero attached hydrogens (tertiary/aromatic N) is 2. The molecule has 1 aliphatic rings. The van der Waals surface area contributed by atoms with E-state index in [4.69, 9.17) is 0 Å². The van der Waals surface area contributed by atoms with Gasteiger partial charge < -0.3 is 9.88 Å². The molecule has 1 amide bonds. The van der Waals surface area contributed by atoms with Gasteiger partial charge in [-0.05, 0) is 49.1 Å². The number of likely N-dealkylation sites (tertiary alicyclic amines) is 1. The Hall–Kier alpha value is -2.96. The maximum Gasteiger partial charge on any atom is 0.325 e. The van der Waals surface area contributed by atoms with E-state index in [2.05, 4.69) is 15.0 Å². The number of nitrogens with one attached hydrogen (secondary N) is 2. The van der Waals surface area contributed by atoms with E-state index in [-0.39, 0.29) is 17.4 Å². The summed E-state index contributed by atoms with van der Waals surface area (Å²) < 4.78 is 12.7. The monoisotopic (exact) mass is 356 g/mol. The fourth-order valence-electron chi connectivity index (χ4n) is 2.90. The van der Waals surface area contributed by atoms with Crippen LogP contribution < -0.4 is 5.69 Å². The van der Waals surface area contributed by atoms with Gasteiger partial charge in [0.15, 0.2) is 5.65 Å². The van der Waals surface area contributed by atoms with Crippen LogP contribution in [0.15, 0.2) is 47.4 Å². The molecule has 0 spiro atoms. The molecule has 2 aromatic heterocycles. The van der Waals surface area contributed by atoms with Crippen molar-refractivity contribution in [3.8, 4) is 0 Å². The quantitative estimate of drug-likeness (QED) is 0.741. The third kappa shape index (κ3) is 4.78. The number of aromatic nitrogens is 3. The lowest BCUT2D eigenvalue weighted by molar-refractivity contribution is -0.131. The number of amides is 1. The number of pyridine rings is 1. The first kappa shape index (κ1) is 17.8. The van der Waals surface area contributed by atoms with E-state index in [1.54, 1.807) is 30.5 Å². The zero-order chi connectivity index (χ0) is 18.4. The standard InChI is InChI=1S/C13H16FNO.C6H5N3O/c14-12-6-4-11(5-7-12)10-13(16)15-8-2-1-3-9-15;10-6-8-4-2-1-3-7-5(4)9-6/h4-7H,1-3,8-10H2;1-3H,(H2,7,8,9,10). The van der Waals surface area contributed by atoms with Crippen molar-refractivity contribution in [2.24, 2.45) is 0 Å². The zero-order valence-corrected chi connectivity index (χ0v) is 14.4. The molecule has 2 N–H and O–H groups in total. The first-order valence-corrected chi connectivity index (χ1v) is 8.67. The first-order valence-electron chi connectivity index (χ1n) is 8.67. The second-order valence-corrected chi connectivity index (χ2v) is 6.22. The van der Waals surface area contributed by atoms with Crippen molar-refractivity contribution < 1.29 is 9.18 Å². The summed E-state index contributed by atoms with van der Waals surface area (Å²) in [5, 5.41) is 0. The van der Waals surface area contributed by atoms with Crippen molar-refractivity contribution >= 4 is 17.1 Å². The number of benzene rings is 1. The van der Waals surface area contributed by atoms with Crippen LogP contribution in [0.5, 0.6) is 0 Å². The number of halogens is 1. The summed E-state index contributed by atoms with van der Waals surface area (Å²) in [5.41, 5.74) is 2.02. The van der Waals surface area contributed by atoms with Crippen LogP contribution in [0.4, 0.5) is 4.39 Å². The molecule has 4 rings (SSSR count). The van der Waals surface area contributed by atoms with Crippen molar-refractivity contribution in [2.75, 3.05) is 13.1 Å². The summed E-state index contributed by atoms with van der Waals surface area (Å²) in [7, 11) is 0. The SMILES string of the molecule is O=C(Cc1ccc(F)cc1)N1CCCCC1.O=c1[nH]c2cccnc2[nH]1. The van der Waals surface area contributed by atoms with Crippen molar-refractivity contribution in [1.29, 1.82) is 0 Å². The van der Waals surface area contributed by atoms with Crippen LogP contribution in [0.3, 0.4) is 0 Å². The van der Waals surface area contributed by atoms with E-state index >= 15 is 0 Å². The Balaban J connectivity index is 0.000000167. The van der Waals surface area contributed by atoms with Gasteiger partial charge in [-0.3, -0.25) is 9.78 Å². The van der Waals surface area contributed by atoms with Crippen LogP contribution in [0.2, 0.25) is 0 Å². The molecule has 1 saturated heterocycles. The molecular weight excluding hydrogens is 335 g/mol. The largest absolute Gasteiger partial charge is 0.342 e. The molecule has 3 aromatic rings. The van der Waals surface area contributed by atoms with Crippen molar-refractivity contribution in [3.05, 3.63) is 64.5 Å². The molecular formula is C19H21FN4O2. The number of carbonyl (C=O) groups is 1. The number of fused-ring (bicyclic) bond motifs is 1. The third-order valence-corrected chi connectivity index (χ3v) is 4.27. The lowest BCUT2D eigenvalue weighted by Crippen LogP contribution is -2.36. The molecule has 0 atom stereocenters. The molecule has 7 heteroatoms. The van der Waals surface area contributed by atoms with Crippen LogP contribution >= 0.6 is 0 Å². The lowest BCUT2D eigenvalue weighted by atomic mass is 10.1. The van der Waals surface area contributed by atoms with Gasteiger partial charge in [-0.2, -0.15) is 0 Å². The van der Waals surface area contributed by atoms with Gasteiger partial charge in [-0.1, -0.05) is 12.1 Å². The minimum absolute atomic E-state index is 0.159. The Labute approximate surface area is 150 Å². The number of piperidine rings is 1. The van der Waals surface area contributed by atoms with Crippen LogP contribution in [0.1, 0.15) is 24.8 Å². The van der Waals surface area contributed by atoms with E-state index in [9.17, 15) is 14.0 Å². The predicted octanol–water partition coefficient (Wildman–Crippen LogP) is 2.63. The first-order chi connectivity index (χ1) is 12.6. The third-order valence-electron chi connectivity index (χ3n) is 4.27. The number of carbonyl (C=O) groups excluding carboxylic acids is 1. The van der Waals surface area contributed by atoms with Gasteiger partial charge in [0, 0.05) is 19.3 Å². The number of hydrogen-bond donors (Lipinski definition) is 2. The van der Waals surface area contributed by atoms with Crippen LogP contribution in [-0.2, 0) is 11.2 Å². The lowest BCUT2D eigenvalue weighted by Gasteiger charge is -2.26. The predicted molar refractivity (Wildman–Crippen MR) is 97.2 cm³/mol. The molecule has 1 aliphatic heterocycles. The summed E-state index contributed by atoms with van der Waals surface area (Å²) in [6.45, 7) is 1.75. The minimum Gasteiger partial charge on any atom is -0.342 e. The molecule has 136 valence electrons. The van der Waals surface area contributed by atoms with Crippen molar-refractivity contribution in [1.82, 2.24) is 19.9 Å². The average molecular weight is 356 g/mol. The normalized spacial score (nSPS) is 14.0. The molecule has 1 fully saturated rings. The Kier molecular flexibility index (Phi) is 5.78. The van der Waals surface area contributed by atoms with Gasteiger partial charge in [0.1, 0.15) is 5.82 Å². The fraction of sp³-hybridized carbons (Fsp3) is 0.316. The van der Waals surface area contributed by atoms with E-state index in [1.165, 1.54) is 18.6 Å². The molecule has 0 saturated carbocycles. The Morgan fingerprint density at radius 3 is 2.50 bits per heavy atom. The van der Waals surface area contributed by atoms with Crippen LogP contribution in [0, 0.1) is 5.82 Å². The molecule has 1 aromatic carbocycles. The smallest absolute Gasteiger partial charge is 0.325 e. The number of imidazole rings is 1. The zero-order valence-electron chi connectivity index (χ0n) is 14.4. The average Bonchev–Trinajstić information content (AvgIpc) is 3.05. The van der Waals surface area contributed by atoms with Crippen molar-refractivity contribution in [3.63, 3.8) is 0 Å². The van der Waals surface area contributed by atoms with Crippen LogP contribution in [-0.4, -0.2) is 38.8 Å². The van der Waals surface area contributed by atoms with Gasteiger partial charge >= 0.3 is 5.69 Å². The van der Waals surface area contributed by atoms with E-state index in [0.717, 1.165) is 37.0 Å². The maximum absolute atomic E-state index is 12.7. The second kappa shape index (κ2) is 8.42. The summed E-state index contributed by atoms with van der Waals surface area (Å²) in [6.07, 6.45) is 5.46. The van der Waals surface area contributed by atoms with Gasteiger partial charge in [0.2, 0.25) is 5.91 Å². The number of rotatable bonds is 2. The van der Waals surface area contributed by atoms with E-state index < -0.39 is 0 Å². The molecule has 0 radical (unpaired) electrons. The highest BCUT2D eigenvalue weighted by molar-refractivity contribution is 5.78. The molecule has 26 heavy (non-hydrogen) atoms. The molecule has 0 aliphatic carbocycles. The van der Waals surface area contributed by atoms with Crippen molar-refractivity contribution in [2.45, 2.75) is 25.7 Å². The molecule has 6 nitrogen and oxygen atoms in total. The molecule has 0 unspecified atom stereocenters. The topological polar surface area (TPSA) is 81.8 Å². The number of hydrogen-bond acceptors (Lipinski definition) is 3. The van der Waals surface area contributed by atoms with E-state index in [0.29, 0.717) is 12.1 Å². The number of H-pyrrole nitrogens is 2.